The standard InChI is InChI=1S/C50H68N8O13/c1-8-24-57(50(69)51-31(6)36-21-15-19-34-18-13-14-20-37(34)36)55-46(65)40-25-35(71-28-33-16-11-10-12-17-33)27-56(40)49(68)43(29(3)4)54-47(66)44(30(5)9-2)58(70)48(67)38(22-23-41(60)61)53-45(64)39(26-42(62)63)52-32(7)59/h10-21,29-31,35,38-40,43-44,70H,8-9,22-28H2,1-7H3,(H,51,69)(H,52,59)(H,53,64)(H,54,66)(H,55,65)(H,60,61)(H,62,63)/t30-,31-,35+,38+,39-,40-,43-,44-/m0/s1. The van der Waals surface area contributed by atoms with Gasteiger partial charge in [-0.15, -0.1) is 0 Å². The van der Waals surface area contributed by atoms with Crippen LogP contribution in [0.3, 0.4) is 0 Å². The molecule has 3 aromatic carbocycles. The Balaban J connectivity index is 1.61. The van der Waals surface area contributed by atoms with Crippen molar-refractivity contribution in [1.82, 2.24) is 41.7 Å². The first-order valence-corrected chi connectivity index (χ1v) is 23.8. The van der Waals surface area contributed by atoms with Crippen molar-refractivity contribution in [3.63, 3.8) is 0 Å². The van der Waals surface area contributed by atoms with Gasteiger partial charge in [0.1, 0.15) is 30.2 Å². The van der Waals surface area contributed by atoms with Gasteiger partial charge < -0.3 is 41.1 Å². The highest BCUT2D eigenvalue weighted by Crippen LogP contribution is 2.27. The average molecular weight is 989 g/mol. The molecule has 1 aliphatic heterocycles. The van der Waals surface area contributed by atoms with E-state index in [-0.39, 0.29) is 37.6 Å². The molecule has 1 aliphatic rings. The Kier molecular flexibility index (Phi) is 21.3. The highest BCUT2D eigenvalue weighted by atomic mass is 16.5. The number of carboxylic acid groups (broad SMARTS) is 2. The van der Waals surface area contributed by atoms with Gasteiger partial charge in [-0.3, -0.25) is 49.0 Å². The van der Waals surface area contributed by atoms with Crippen LogP contribution in [0.15, 0.2) is 72.8 Å². The number of fused-ring (bicyclic) bond motifs is 1. The molecule has 8 N–H and O–H groups in total. The number of likely N-dealkylation sites (tertiary alicyclic amines) is 1. The molecule has 0 spiro atoms. The molecule has 0 unspecified atom stereocenters. The van der Waals surface area contributed by atoms with Gasteiger partial charge in [-0.2, -0.15) is 0 Å². The number of rotatable bonds is 24. The van der Waals surface area contributed by atoms with Gasteiger partial charge in [0.15, 0.2) is 0 Å². The fourth-order valence-corrected chi connectivity index (χ4v) is 8.30. The summed E-state index contributed by atoms with van der Waals surface area (Å²) in [6.45, 7) is 11.4. The molecule has 8 atom stereocenters. The summed E-state index contributed by atoms with van der Waals surface area (Å²) in [6.07, 6.45) is -2.20. The molecular weight excluding hydrogens is 921 g/mol. The van der Waals surface area contributed by atoms with Gasteiger partial charge in [0.05, 0.1) is 25.2 Å². The Labute approximate surface area is 412 Å². The van der Waals surface area contributed by atoms with Crippen LogP contribution in [-0.2, 0) is 49.7 Å². The molecular formula is C50H68N8O13. The number of hydroxylamine groups is 2. The van der Waals surface area contributed by atoms with Gasteiger partial charge >= 0.3 is 18.0 Å². The van der Waals surface area contributed by atoms with E-state index in [0.717, 1.165) is 33.8 Å². The zero-order valence-electron chi connectivity index (χ0n) is 41.3. The van der Waals surface area contributed by atoms with Crippen LogP contribution >= 0.6 is 0 Å². The summed E-state index contributed by atoms with van der Waals surface area (Å²) in [5.74, 6) is -9.99. The number of nitrogens with zero attached hydrogens (tertiary/aromatic N) is 3. The van der Waals surface area contributed by atoms with Crippen molar-refractivity contribution in [1.29, 1.82) is 0 Å². The SMILES string of the molecule is CCCN(NC(=O)[C@@H]1C[C@@H](OCc2ccccc2)CN1C(=O)[C@@H](NC(=O)[C@H]([C@@H](C)CC)N(O)C(=O)[C@@H](CCC(=O)O)NC(=O)[C@H](CC(=O)O)NC(C)=O)C(C)C)C(=O)N[C@@H](C)c1cccc2ccccc12. The summed E-state index contributed by atoms with van der Waals surface area (Å²) in [4.78, 5) is 121. The third kappa shape index (κ3) is 15.9. The maximum Gasteiger partial charge on any atom is 0.336 e. The highest BCUT2D eigenvalue weighted by molar-refractivity contribution is 5.97. The Morgan fingerprint density at radius 1 is 0.789 bits per heavy atom. The number of carboxylic acids is 2. The number of aliphatic carboxylic acids is 2. The van der Waals surface area contributed by atoms with Gasteiger partial charge in [-0.25, -0.2) is 14.9 Å². The molecule has 1 fully saturated rings. The second-order valence-electron chi connectivity index (χ2n) is 18.1. The molecule has 1 saturated heterocycles. The second-order valence-corrected chi connectivity index (χ2v) is 18.1. The minimum Gasteiger partial charge on any atom is -0.481 e. The van der Waals surface area contributed by atoms with Gasteiger partial charge in [0, 0.05) is 32.9 Å². The van der Waals surface area contributed by atoms with Gasteiger partial charge in [0.2, 0.25) is 23.6 Å². The van der Waals surface area contributed by atoms with E-state index in [9.17, 15) is 58.6 Å². The lowest BCUT2D eigenvalue weighted by atomic mass is 9.95. The molecule has 4 rings (SSSR count). The van der Waals surface area contributed by atoms with E-state index in [1.165, 1.54) is 11.8 Å². The first-order chi connectivity index (χ1) is 33.7. The maximum absolute atomic E-state index is 14.8. The molecule has 0 radical (unpaired) electrons. The molecule has 386 valence electrons. The molecule has 1 heterocycles. The van der Waals surface area contributed by atoms with Gasteiger partial charge in [-0.1, -0.05) is 114 Å². The lowest BCUT2D eigenvalue weighted by molar-refractivity contribution is -0.187. The van der Waals surface area contributed by atoms with Crippen LogP contribution in [0.25, 0.3) is 10.8 Å². The number of hydrazine groups is 1. The van der Waals surface area contributed by atoms with Crippen molar-refractivity contribution < 1.29 is 63.3 Å². The molecule has 21 heteroatoms. The first kappa shape index (κ1) is 56.5. The quantitative estimate of drug-likeness (QED) is 0.0471. The number of hydrogen-bond donors (Lipinski definition) is 8. The number of hydrogen-bond acceptors (Lipinski definition) is 11. The number of benzene rings is 3. The number of carbonyl (C=O) groups excluding carboxylic acids is 7. The van der Waals surface area contributed by atoms with Crippen molar-refractivity contribution in [2.75, 3.05) is 13.1 Å². The Morgan fingerprint density at radius 2 is 1.45 bits per heavy atom. The molecule has 0 aromatic heterocycles. The third-order valence-corrected chi connectivity index (χ3v) is 12.2. The molecule has 71 heavy (non-hydrogen) atoms. The number of ether oxygens (including phenoxy) is 1. The maximum atomic E-state index is 14.8. The Hall–Kier alpha value is -7.13. The Morgan fingerprint density at radius 3 is 2.07 bits per heavy atom. The monoisotopic (exact) mass is 988 g/mol. The summed E-state index contributed by atoms with van der Waals surface area (Å²) < 4.78 is 6.24. The summed E-state index contributed by atoms with van der Waals surface area (Å²) in [5.41, 5.74) is 4.44. The lowest BCUT2D eigenvalue weighted by Crippen LogP contribution is -2.62. The number of amides is 8. The predicted octanol–water partition coefficient (Wildman–Crippen LogP) is 3.64. The summed E-state index contributed by atoms with van der Waals surface area (Å²) in [5, 5.41) is 43.5. The number of carbonyl (C=O) groups is 9. The van der Waals surface area contributed by atoms with Crippen molar-refractivity contribution in [2.24, 2.45) is 11.8 Å². The summed E-state index contributed by atoms with van der Waals surface area (Å²) in [7, 11) is 0. The fraction of sp³-hybridized carbons (Fsp3) is 0.500. The van der Waals surface area contributed by atoms with Crippen LogP contribution < -0.4 is 26.7 Å². The van der Waals surface area contributed by atoms with E-state index in [4.69, 9.17) is 4.74 Å². The lowest BCUT2D eigenvalue weighted by Gasteiger charge is -2.35. The molecule has 3 aromatic rings. The van der Waals surface area contributed by atoms with Gasteiger partial charge in [0.25, 0.3) is 11.8 Å². The second kappa shape index (κ2) is 26.7. The van der Waals surface area contributed by atoms with Crippen molar-refractivity contribution in [3.8, 4) is 0 Å². The third-order valence-electron chi connectivity index (χ3n) is 12.2. The van der Waals surface area contributed by atoms with Crippen LogP contribution in [0.4, 0.5) is 4.79 Å². The first-order valence-electron chi connectivity index (χ1n) is 23.8. The smallest absolute Gasteiger partial charge is 0.336 e. The van der Waals surface area contributed by atoms with Crippen LogP contribution in [0, 0.1) is 11.8 Å². The normalized spacial score (nSPS) is 16.9. The van der Waals surface area contributed by atoms with E-state index >= 15 is 0 Å². The van der Waals surface area contributed by atoms with E-state index in [0.29, 0.717) is 6.42 Å². The van der Waals surface area contributed by atoms with Gasteiger partial charge in [-0.05, 0) is 53.5 Å². The van der Waals surface area contributed by atoms with Crippen LogP contribution in [0.5, 0.6) is 0 Å². The molecule has 8 amide bonds. The summed E-state index contributed by atoms with van der Waals surface area (Å²) in [6, 6.07) is 13.9. The predicted molar refractivity (Wildman–Crippen MR) is 258 cm³/mol. The molecule has 0 saturated carbocycles. The topological polar surface area (TPSA) is 293 Å². The zero-order chi connectivity index (χ0) is 52.5. The van der Waals surface area contributed by atoms with E-state index in [1.807, 2.05) is 86.6 Å². The van der Waals surface area contributed by atoms with Crippen molar-refractivity contribution in [3.05, 3.63) is 83.9 Å². The van der Waals surface area contributed by atoms with Crippen molar-refractivity contribution >= 4 is 64.2 Å². The highest BCUT2D eigenvalue weighted by Gasteiger charge is 2.45. The van der Waals surface area contributed by atoms with E-state index in [2.05, 4.69) is 26.7 Å². The zero-order valence-corrected chi connectivity index (χ0v) is 41.3. The molecule has 0 bridgehead atoms. The number of nitrogens with one attached hydrogen (secondary N) is 5. The van der Waals surface area contributed by atoms with Crippen molar-refractivity contribution in [2.45, 2.75) is 136 Å². The average Bonchev–Trinajstić information content (AvgIpc) is 3.77. The summed E-state index contributed by atoms with van der Waals surface area (Å²) >= 11 is 0. The molecule has 0 aliphatic carbocycles. The minimum absolute atomic E-state index is 0.0181. The minimum atomic E-state index is -1.82. The van der Waals surface area contributed by atoms with E-state index < -0.39 is 127 Å². The Bertz CT molecular complexity index is 2350. The fourth-order valence-electron chi connectivity index (χ4n) is 8.30. The largest absolute Gasteiger partial charge is 0.481 e. The van der Waals surface area contributed by atoms with Crippen LogP contribution in [0.2, 0.25) is 0 Å². The molecule has 21 nitrogen and oxygen atoms in total. The van der Waals surface area contributed by atoms with Crippen LogP contribution in [0.1, 0.15) is 104 Å². The van der Waals surface area contributed by atoms with E-state index in [1.54, 1.807) is 20.8 Å². The van der Waals surface area contributed by atoms with Crippen LogP contribution in [-0.4, -0.2) is 133 Å². The number of urea groups is 1.